The number of hydrogen-bond donors (Lipinski definition) is 2. The minimum Gasteiger partial charge on any atom is -0.478 e. The molecule has 0 aliphatic rings. The van der Waals surface area contributed by atoms with E-state index in [-0.39, 0.29) is 11.3 Å². The summed E-state index contributed by atoms with van der Waals surface area (Å²) in [6.07, 6.45) is 0. The summed E-state index contributed by atoms with van der Waals surface area (Å²) in [4.78, 5) is 10.6. The van der Waals surface area contributed by atoms with Crippen molar-refractivity contribution in [1.82, 2.24) is 0 Å². The second-order valence-electron chi connectivity index (χ2n) is 2.34. The van der Waals surface area contributed by atoms with Gasteiger partial charge in [0.15, 0.2) is 0 Å². The first-order valence-corrected chi connectivity index (χ1v) is 4.36. The highest BCUT2D eigenvalue weighted by molar-refractivity contribution is 14.1. The summed E-state index contributed by atoms with van der Waals surface area (Å²) in [6.45, 7) is 0. The molecule has 0 atom stereocenters. The molecule has 0 aliphatic heterocycles. The van der Waals surface area contributed by atoms with E-state index in [9.17, 15) is 4.79 Å². The van der Waals surface area contributed by atoms with Crippen molar-refractivity contribution in [3.8, 4) is 6.07 Å². The molecular formula is C8H5IN2O2. The molecule has 66 valence electrons. The van der Waals surface area contributed by atoms with Crippen LogP contribution in [-0.2, 0) is 0 Å². The zero-order chi connectivity index (χ0) is 10.0. The Morgan fingerprint density at radius 2 is 2.23 bits per heavy atom. The Labute approximate surface area is 88.1 Å². The number of carboxylic acids is 1. The maximum atomic E-state index is 10.6. The molecule has 0 bridgehead atoms. The van der Waals surface area contributed by atoms with Gasteiger partial charge in [0.1, 0.15) is 0 Å². The molecule has 0 amide bonds. The van der Waals surface area contributed by atoms with Gasteiger partial charge in [-0.2, -0.15) is 5.26 Å². The third-order valence-corrected chi connectivity index (χ3v) is 2.38. The van der Waals surface area contributed by atoms with Gasteiger partial charge in [-0.25, -0.2) is 4.79 Å². The van der Waals surface area contributed by atoms with Crippen molar-refractivity contribution in [2.75, 3.05) is 5.73 Å². The van der Waals surface area contributed by atoms with Crippen molar-refractivity contribution in [3.63, 3.8) is 0 Å². The third kappa shape index (κ3) is 1.89. The standard InChI is InChI=1S/C8H5IN2O2/c9-6-2-4(3-10)1-5(7(6)11)8(12)13/h1-2H,11H2,(H,12,13). The molecular weight excluding hydrogens is 283 g/mol. The summed E-state index contributed by atoms with van der Waals surface area (Å²) in [6, 6.07) is 4.67. The molecule has 0 radical (unpaired) electrons. The first-order chi connectivity index (χ1) is 6.06. The molecule has 5 heteroatoms. The molecule has 0 unspecified atom stereocenters. The van der Waals surface area contributed by atoms with Gasteiger partial charge in [-0.05, 0) is 34.7 Å². The smallest absolute Gasteiger partial charge is 0.337 e. The number of hydrogen-bond acceptors (Lipinski definition) is 3. The number of rotatable bonds is 1. The maximum absolute atomic E-state index is 10.6. The van der Waals surface area contributed by atoms with Gasteiger partial charge in [-0.15, -0.1) is 0 Å². The van der Waals surface area contributed by atoms with Crippen LogP contribution in [0.15, 0.2) is 12.1 Å². The zero-order valence-corrected chi connectivity index (χ0v) is 8.57. The summed E-state index contributed by atoms with van der Waals surface area (Å²) in [5, 5.41) is 17.3. The van der Waals surface area contributed by atoms with Crippen LogP contribution in [0.5, 0.6) is 0 Å². The molecule has 3 N–H and O–H groups in total. The fraction of sp³-hybridized carbons (Fsp3) is 0. The van der Waals surface area contributed by atoms with Gasteiger partial charge in [-0.3, -0.25) is 0 Å². The molecule has 0 aromatic heterocycles. The minimum atomic E-state index is -1.12. The summed E-state index contributed by atoms with van der Waals surface area (Å²) in [7, 11) is 0. The average molecular weight is 288 g/mol. The largest absolute Gasteiger partial charge is 0.478 e. The second kappa shape index (κ2) is 3.62. The van der Waals surface area contributed by atoms with Gasteiger partial charge in [-0.1, -0.05) is 0 Å². The number of anilines is 1. The van der Waals surface area contributed by atoms with Crippen molar-refractivity contribution in [2.24, 2.45) is 0 Å². The van der Waals surface area contributed by atoms with Crippen LogP contribution in [0.3, 0.4) is 0 Å². The molecule has 0 saturated heterocycles. The van der Waals surface area contributed by atoms with E-state index < -0.39 is 5.97 Å². The van der Waals surface area contributed by atoms with Crippen LogP contribution in [0, 0.1) is 14.9 Å². The Morgan fingerprint density at radius 1 is 1.62 bits per heavy atom. The summed E-state index contributed by atoms with van der Waals surface area (Å²) < 4.78 is 0.578. The predicted octanol–water partition coefficient (Wildman–Crippen LogP) is 1.44. The van der Waals surface area contributed by atoms with Gasteiger partial charge >= 0.3 is 5.97 Å². The van der Waals surface area contributed by atoms with E-state index in [1.165, 1.54) is 6.07 Å². The Morgan fingerprint density at radius 3 is 2.69 bits per heavy atom. The van der Waals surface area contributed by atoms with Crippen molar-refractivity contribution in [3.05, 3.63) is 26.8 Å². The molecule has 0 spiro atoms. The molecule has 4 nitrogen and oxygen atoms in total. The van der Waals surface area contributed by atoms with Crippen LogP contribution in [-0.4, -0.2) is 11.1 Å². The van der Waals surface area contributed by atoms with E-state index in [2.05, 4.69) is 0 Å². The van der Waals surface area contributed by atoms with Gasteiger partial charge in [0.2, 0.25) is 0 Å². The molecule has 0 aliphatic carbocycles. The van der Waals surface area contributed by atoms with Crippen LogP contribution in [0.25, 0.3) is 0 Å². The van der Waals surface area contributed by atoms with E-state index in [0.717, 1.165) is 0 Å². The lowest BCUT2D eigenvalue weighted by Crippen LogP contribution is -2.04. The molecule has 1 aromatic rings. The van der Waals surface area contributed by atoms with Crippen molar-refractivity contribution in [2.45, 2.75) is 0 Å². The van der Waals surface area contributed by atoms with E-state index in [1.54, 1.807) is 6.07 Å². The average Bonchev–Trinajstić information content (AvgIpc) is 2.09. The van der Waals surface area contributed by atoms with Crippen LogP contribution < -0.4 is 5.73 Å². The van der Waals surface area contributed by atoms with Gasteiger partial charge < -0.3 is 10.8 Å². The number of aromatic carboxylic acids is 1. The highest BCUT2D eigenvalue weighted by Crippen LogP contribution is 2.21. The monoisotopic (exact) mass is 288 g/mol. The Hall–Kier alpha value is -1.29. The topological polar surface area (TPSA) is 87.1 Å². The summed E-state index contributed by atoms with van der Waals surface area (Å²) >= 11 is 1.89. The quantitative estimate of drug-likeness (QED) is 0.604. The first-order valence-electron chi connectivity index (χ1n) is 3.28. The van der Waals surface area contributed by atoms with E-state index >= 15 is 0 Å². The number of nitrogen functional groups attached to an aromatic ring is 1. The molecule has 1 aromatic carbocycles. The second-order valence-corrected chi connectivity index (χ2v) is 3.50. The van der Waals surface area contributed by atoms with Crippen LogP contribution in [0.4, 0.5) is 5.69 Å². The van der Waals surface area contributed by atoms with Gasteiger partial charge in [0, 0.05) is 3.57 Å². The number of nitrogens with two attached hydrogens (primary N) is 1. The molecule has 13 heavy (non-hydrogen) atoms. The van der Waals surface area contributed by atoms with E-state index in [1.807, 2.05) is 28.7 Å². The summed E-state index contributed by atoms with van der Waals surface area (Å²) in [5.41, 5.74) is 5.99. The van der Waals surface area contributed by atoms with Gasteiger partial charge in [0.05, 0.1) is 22.9 Å². The SMILES string of the molecule is N#Cc1cc(I)c(N)c(C(=O)O)c1. The van der Waals surface area contributed by atoms with Crippen molar-refractivity contribution < 1.29 is 9.90 Å². The van der Waals surface area contributed by atoms with E-state index in [4.69, 9.17) is 16.1 Å². The lowest BCUT2D eigenvalue weighted by Gasteiger charge is -2.03. The zero-order valence-electron chi connectivity index (χ0n) is 6.41. The number of carboxylic acid groups (broad SMARTS) is 1. The molecule has 1 rings (SSSR count). The maximum Gasteiger partial charge on any atom is 0.337 e. The van der Waals surface area contributed by atoms with Crippen molar-refractivity contribution in [1.29, 1.82) is 5.26 Å². The Bertz CT molecular complexity index is 409. The number of carbonyl (C=O) groups is 1. The predicted molar refractivity (Wildman–Crippen MR) is 55.2 cm³/mol. The first kappa shape index (κ1) is 9.80. The van der Waals surface area contributed by atoms with Crippen LogP contribution in [0.1, 0.15) is 15.9 Å². The number of halogens is 1. The van der Waals surface area contributed by atoms with Gasteiger partial charge in [0.25, 0.3) is 0 Å². The summed E-state index contributed by atoms with van der Waals surface area (Å²) in [5.74, 6) is -1.12. The lowest BCUT2D eigenvalue weighted by molar-refractivity contribution is 0.0698. The Kier molecular flexibility index (Phi) is 2.72. The normalized spacial score (nSPS) is 9.23. The lowest BCUT2D eigenvalue weighted by atomic mass is 10.1. The van der Waals surface area contributed by atoms with Crippen LogP contribution in [0.2, 0.25) is 0 Å². The van der Waals surface area contributed by atoms with Crippen molar-refractivity contribution >= 4 is 34.2 Å². The van der Waals surface area contributed by atoms with Crippen LogP contribution >= 0.6 is 22.6 Å². The van der Waals surface area contributed by atoms with E-state index in [0.29, 0.717) is 9.13 Å². The molecule has 0 saturated carbocycles. The Balaban J connectivity index is 3.44. The highest BCUT2D eigenvalue weighted by Gasteiger charge is 2.11. The fourth-order valence-electron chi connectivity index (χ4n) is 0.859. The third-order valence-electron chi connectivity index (χ3n) is 1.49. The number of nitriles is 1. The number of nitrogens with zero attached hydrogens (tertiary/aromatic N) is 1. The fourth-order valence-corrected chi connectivity index (χ4v) is 1.49. The molecule has 0 heterocycles. The minimum absolute atomic E-state index is 0.0246. The highest BCUT2D eigenvalue weighted by atomic mass is 127. The number of benzene rings is 1. The molecule has 0 fully saturated rings.